The van der Waals surface area contributed by atoms with Crippen LogP contribution in [0.15, 0.2) is 53.7 Å². The van der Waals surface area contributed by atoms with Crippen LogP contribution in [0, 0.1) is 13.8 Å². The number of thioether (sulfide) groups is 1. The summed E-state index contributed by atoms with van der Waals surface area (Å²) in [5, 5.41) is 4.25. The Balaban J connectivity index is 1.44. The Labute approximate surface area is 237 Å². The highest BCUT2D eigenvalue weighted by atomic mass is 35.5. The number of anilines is 1. The number of carbonyl (C=O) groups is 2. The zero-order valence-electron chi connectivity index (χ0n) is 22.0. The van der Waals surface area contributed by atoms with Crippen LogP contribution in [0.5, 0.6) is 11.5 Å². The third kappa shape index (κ3) is 6.31. The van der Waals surface area contributed by atoms with E-state index in [1.807, 2.05) is 32.0 Å². The molecule has 0 unspecified atom stereocenters. The second-order valence-corrected chi connectivity index (χ2v) is 11.3. The van der Waals surface area contributed by atoms with Gasteiger partial charge in [0.15, 0.2) is 16.7 Å². The first-order chi connectivity index (χ1) is 18.8. The van der Waals surface area contributed by atoms with Gasteiger partial charge < -0.3 is 19.7 Å². The molecule has 8 nitrogen and oxygen atoms in total. The molecule has 0 spiro atoms. The average molecular weight is 567 g/mol. The van der Waals surface area contributed by atoms with Gasteiger partial charge >= 0.3 is 0 Å². The largest absolute Gasteiger partial charge is 0.454 e. The molecule has 0 bridgehead atoms. The van der Waals surface area contributed by atoms with Crippen LogP contribution in [0.3, 0.4) is 0 Å². The molecule has 1 aromatic heterocycles. The minimum atomic E-state index is -1.00. The van der Waals surface area contributed by atoms with Crippen LogP contribution in [0.2, 0.25) is 5.02 Å². The molecular weight excluding hydrogens is 536 g/mol. The van der Waals surface area contributed by atoms with Gasteiger partial charge in [-0.25, -0.2) is 9.97 Å². The normalized spacial score (nSPS) is 15.6. The summed E-state index contributed by atoms with van der Waals surface area (Å²) in [5.41, 5.74) is 2.20. The average Bonchev–Trinajstić information content (AvgIpc) is 3.39. The van der Waals surface area contributed by atoms with Crippen LogP contribution in [0.4, 0.5) is 5.69 Å². The van der Waals surface area contributed by atoms with Crippen molar-refractivity contribution in [3.8, 4) is 11.5 Å². The van der Waals surface area contributed by atoms with E-state index >= 15 is 0 Å². The first kappa shape index (κ1) is 27.3. The van der Waals surface area contributed by atoms with Crippen molar-refractivity contribution in [1.29, 1.82) is 0 Å². The zero-order valence-corrected chi connectivity index (χ0v) is 23.6. The number of hydrogen-bond donors (Lipinski definition) is 1. The van der Waals surface area contributed by atoms with Crippen molar-refractivity contribution in [2.45, 2.75) is 63.2 Å². The number of rotatable bonds is 8. The lowest BCUT2D eigenvalue weighted by Crippen LogP contribution is -2.60. The number of aryl methyl sites for hydroxylation is 2. The number of nitrogens with zero attached hydrogens (tertiary/aromatic N) is 3. The van der Waals surface area contributed by atoms with E-state index < -0.39 is 5.54 Å². The molecule has 2 amide bonds. The van der Waals surface area contributed by atoms with Gasteiger partial charge in [-0.3, -0.25) is 9.59 Å². The Kier molecular flexibility index (Phi) is 8.28. The summed E-state index contributed by atoms with van der Waals surface area (Å²) in [4.78, 5) is 38.8. The van der Waals surface area contributed by atoms with E-state index in [0.717, 1.165) is 36.2 Å². The van der Waals surface area contributed by atoms with Crippen molar-refractivity contribution >= 4 is 40.9 Å². The molecule has 5 rings (SSSR count). The van der Waals surface area contributed by atoms with Crippen LogP contribution >= 0.6 is 23.4 Å². The fraction of sp³-hybridized carbons (Fsp3) is 0.379. The van der Waals surface area contributed by atoms with Crippen molar-refractivity contribution < 1.29 is 19.1 Å². The summed E-state index contributed by atoms with van der Waals surface area (Å²) in [6, 6.07) is 14.6. The Hall–Kier alpha value is -3.30. The van der Waals surface area contributed by atoms with E-state index in [1.165, 1.54) is 11.8 Å². The minimum absolute atomic E-state index is 0.121. The van der Waals surface area contributed by atoms with E-state index in [4.69, 9.17) is 21.1 Å². The first-order valence-corrected chi connectivity index (χ1v) is 14.4. The zero-order chi connectivity index (χ0) is 27.4. The van der Waals surface area contributed by atoms with E-state index in [2.05, 4.69) is 15.3 Å². The second-order valence-electron chi connectivity index (χ2n) is 9.94. The van der Waals surface area contributed by atoms with Crippen molar-refractivity contribution in [3.05, 3.63) is 70.5 Å². The van der Waals surface area contributed by atoms with Gasteiger partial charge in [0.05, 0.1) is 5.75 Å². The van der Waals surface area contributed by atoms with Gasteiger partial charge in [-0.1, -0.05) is 54.8 Å². The Bertz CT molecular complexity index is 1340. The maximum absolute atomic E-state index is 14.1. The molecule has 2 aliphatic rings. The van der Waals surface area contributed by atoms with Crippen LogP contribution in [0.25, 0.3) is 0 Å². The lowest BCUT2D eigenvalue weighted by molar-refractivity contribution is -0.146. The molecule has 1 aliphatic carbocycles. The number of halogens is 1. The molecule has 0 saturated heterocycles. The van der Waals surface area contributed by atoms with Gasteiger partial charge in [0.25, 0.3) is 0 Å². The summed E-state index contributed by atoms with van der Waals surface area (Å²) in [6.45, 7) is 4.26. The van der Waals surface area contributed by atoms with E-state index in [1.54, 1.807) is 35.2 Å². The monoisotopic (exact) mass is 566 g/mol. The number of ether oxygens (including phenoxy) is 2. The SMILES string of the molecule is Cc1cc(C)nc(SCC(=O)N(Cc2ccc(Cl)cc2)C2(C(=O)Nc3ccc4c(c3)OCO4)CCCCC2)n1. The number of nitrogens with one attached hydrogen (secondary N) is 1. The number of amides is 2. The van der Waals surface area contributed by atoms with Crippen LogP contribution in [-0.4, -0.2) is 44.8 Å². The highest BCUT2D eigenvalue weighted by Crippen LogP contribution is 2.39. The van der Waals surface area contributed by atoms with E-state index in [-0.39, 0.29) is 24.4 Å². The standard InChI is InChI=1S/C29H31ClN4O4S/c1-19-14-20(2)32-28(31-19)39-17-26(35)34(16-21-6-8-22(30)9-7-21)29(12-4-3-5-13-29)27(36)33-23-10-11-24-25(15-23)38-18-37-24/h6-11,14-15H,3-5,12-13,16-18H2,1-2H3,(H,33,36). The highest BCUT2D eigenvalue weighted by molar-refractivity contribution is 7.99. The van der Waals surface area contributed by atoms with Crippen molar-refractivity contribution in [3.63, 3.8) is 0 Å². The van der Waals surface area contributed by atoms with Gasteiger partial charge in [0.2, 0.25) is 18.6 Å². The number of benzene rings is 2. The lowest BCUT2D eigenvalue weighted by atomic mass is 9.79. The van der Waals surface area contributed by atoms with Gasteiger partial charge in [0, 0.05) is 34.7 Å². The maximum Gasteiger partial charge on any atom is 0.250 e. The van der Waals surface area contributed by atoms with E-state index in [0.29, 0.717) is 46.8 Å². The molecular formula is C29H31ClN4O4S. The highest BCUT2D eigenvalue weighted by Gasteiger charge is 2.47. The molecule has 39 heavy (non-hydrogen) atoms. The van der Waals surface area contributed by atoms with Crippen LogP contribution in [0.1, 0.15) is 49.1 Å². The van der Waals surface area contributed by atoms with Gasteiger partial charge in [-0.2, -0.15) is 0 Å². The quantitative estimate of drug-likeness (QED) is 0.266. The summed E-state index contributed by atoms with van der Waals surface area (Å²) in [7, 11) is 0. The predicted octanol–water partition coefficient (Wildman–Crippen LogP) is 5.94. The summed E-state index contributed by atoms with van der Waals surface area (Å²) in [5.74, 6) is 1.02. The number of hydrogen-bond acceptors (Lipinski definition) is 7. The van der Waals surface area contributed by atoms with E-state index in [9.17, 15) is 9.59 Å². The van der Waals surface area contributed by atoms with Gasteiger partial charge in [-0.05, 0) is 62.6 Å². The molecule has 2 heterocycles. The Morgan fingerprint density at radius 3 is 2.38 bits per heavy atom. The Morgan fingerprint density at radius 2 is 1.67 bits per heavy atom. The van der Waals surface area contributed by atoms with Crippen molar-refractivity contribution in [2.75, 3.05) is 17.9 Å². The Morgan fingerprint density at radius 1 is 0.974 bits per heavy atom. The minimum Gasteiger partial charge on any atom is -0.454 e. The summed E-state index contributed by atoms with van der Waals surface area (Å²) < 4.78 is 10.9. The first-order valence-electron chi connectivity index (χ1n) is 13.0. The third-order valence-corrected chi connectivity index (χ3v) is 8.18. The van der Waals surface area contributed by atoms with Crippen LogP contribution < -0.4 is 14.8 Å². The molecule has 1 N–H and O–H groups in total. The maximum atomic E-state index is 14.1. The molecule has 0 radical (unpaired) electrons. The molecule has 0 atom stereocenters. The summed E-state index contributed by atoms with van der Waals surface area (Å²) in [6.07, 6.45) is 3.88. The molecule has 2 aromatic carbocycles. The van der Waals surface area contributed by atoms with Crippen molar-refractivity contribution in [1.82, 2.24) is 14.9 Å². The van der Waals surface area contributed by atoms with Crippen LogP contribution in [-0.2, 0) is 16.1 Å². The number of fused-ring (bicyclic) bond motifs is 1. The molecule has 3 aromatic rings. The molecule has 10 heteroatoms. The van der Waals surface area contributed by atoms with Gasteiger partial charge in [0.1, 0.15) is 5.54 Å². The van der Waals surface area contributed by atoms with Crippen molar-refractivity contribution in [2.24, 2.45) is 0 Å². The predicted molar refractivity (Wildman–Crippen MR) is 151 cm³/mol. The molecule has 204 valence electrons. The smallest absolute Gasteiger partial charge is 0.250 e. The molecule has 1 aliphatic heterocycles. The molecule has 1 saturated carbocycles. The number of aromatic nitrogens is 2. The second kappa shape index (κ2) is 11.8. The number of carbonyl (C=O) groups excluding carboxylic acids is 2. The fourth-order valence-electron chi connectivity index (χ4n) is 5.19. The summed E-state index contributed by atoms with van der Waals surface area (Å²) >= 11 is 7.42. The lowest BCUT2D eigenvalue weighted by Gasteiger charge is -2.45. The third-order valence-electron chi connectivity index (χ3n) is 7.09. The molecule has 1 fully saturated rings. The fourth-order valence-corrected chi connectivity index (χ4v) is 6.14. The topological polar surface area (TPSA) is 93.7 Å². The van der Waals surface area contributed by atoms with Gasteiger partial charge in [-0.15, -0.1) is 0 Å².